The summed E-state index contributed by atoms with van der Waals surface area (Å²) in [5, 5.41) is 8.65. The van der Waals surface area contributed by atoms with E-state index in [1.807, 2.05) is 6.92 Å². The topological polar surface area (TPSA) is 44.1 Å². The molecule has 0 aromatic carbocycles. The fourth-order valence-electron chi connectivity index (χ4n) is 1.90. The van der Waals surface area contributed by atoms with Crippen molar-refractivity contribution in [3.63, 3.8) is 0 Å². The molecule has 0 bridgehead atoms. The highest BCUT2D eigenvalue weighted by Gasteiger charge is 2.23. The lowest BCUT2D eigenvalue weighted by Crippen LogP contribution is -2.37. The molecule has 0 aromatic rings. The first kappa shape index (κ1) is 11.8. The highest BCUT2D eigenvalue weighted by molar-refractivity contribution is 5.79. The van der Waals surface area contributed by atoms with Crippen LogP contribution in [0.3, 0.4) is 0 Å². The molecule has 1 atom stereocenters. The van der Waals surface area contributed by atoms with Crippen molar-refractivity contribution in [1.29, 1.82) is 5.26 Å². The van der Waals surface area contributed by atoms with Crippen LogP contribution < -0.4 is 0 Å². The lowest BCUT2D eigenvalue weighted by atomic mass is 9.93. The van der Waals surface area contributed by atoms with Gasteiger partial charge in [0.05, 0.1) is 6.07 Å². The second-order valence-corrected chi connectivity index (χ2v) is 3.90. The molecular weight excluding hydrogens is 188 g/mol. The Morgan fingerprint density at radius 2 is 2.40 bits per heavy atom. The minimum Gasteiger partial charge on any atom is -0.329 e. The molecule has 0 radical (unpaired) electrons. The molecule has 15 heavy (non-hydrogen) atoms. The van der Waals surface area contributed by atoms with E-state index in [0.29, 0.717) is 6.54 Å². The maximum Gasteiger partial charge on any atom is 0.226 e. The van der Waals surface area contributed by atoms with Crippen LogP contribution in [0.15, 0.2) is 12.2 Å². The van der Waals surface area contributed by atoms with Gasteiger partial charge in [-0.1, -0.05) is 19.1 Å². The maximum absolute atomic E-state index is 12.0. The fraction of sp³-hybridized carbons (Fsp3) is 0.667. The molecule has 0 unspecified atom stereocenters. The first-order valence-corrected chi connectivity index (χ1v) is 5.60. The Balaban J connectivity index is 2.54. The average molecular weight is 206 g/mol. The summed E-state index contributed by atoms with van der Waals surface area (Å²) < 4.78 is 0. The van der Waals surface area contributed by atoms with Gasteiger partial charge in [0.2, 0.25) is 5.91 Å². The Bertz CT molecular complexity index is 278. The van der Waals surface area contributed by atoms with Crippen LogP contribution in [0, 0.1) is 17.2 Å². The van der Waals surface area contributed by atoms with Gasteiger partial charge in [0.1, 0.15) is 6.54 Å². The molecule has 0 saturated heterocycles. The van der Waals surface area contributed by atoms with Crippen LogP contribution in [-0.2, 0) is 4.79 Å². The van der Waals surface area contributed by atoms with Crippen molar-refractivity contribution in [2.45, 2.75) is 32.6 Å². The molecule has 0 heterocycles. The minimum absolute atomic E-state index is 0.106. The van der Waals surface area contributed by atoms with Gasteiger partial charge in [0.15, 0.2) is 0 Å². The van der Waals surface area contributed by atoms with Crippen LogP contribution in [0.5, 0.6) is 0 Å². The van der Waals surface area contributed by atoms with Crippen LogP contribution in [0.25, 0.3) is 0 Å². The number of nitrogens with zero attached hydrogens (tertiary/aromatic N) is 2. The molecule has 0 spiro atoms. The molecule has 0 aliphatic heterocycles. The van der Waals surface area contributed by atoms with Crippen LogP contribution in [0.4, 0.5) is 0 Å². The minimum atomic E-state index is 0.106. The largest absolute Gasteiger partial charge is 0.329 e. The fourth-order valence-corrected chi connectivity index (χ4v) is 1.90. The summed E-state index contributed by atoms with van der Waals surface area (Å²) in [5.41, 5.74) is 0. The third kappa shape index (κ3) is 3.39. The summed E-state index contributed by atoms with van der Waals surface area (Å²) in [6.07, 6.45) is 7.87. The van der Waals surface area contributed by atoms with Gasteiger partial charge in [-0.05, 0) is 25.7 Å². The molecule has 0 aromatic heterocycles. The average Bonchev–Trinajstić information content (AvgIpc) is 2.29. The number of carbonyl (C=O) groups is 1. The van der Waals surface area contributed by atoms with Gasteiger partial charge in [-0.2, -0.15) is 5.26 Å². The van der Waals surface area contributed by atoms with E-state index in [4.69, 9.17) is 5.26 Å². The molecule has 0 N–H and O–H groups in total. The van der Waals surface area contributed by atoms with E-state index >= 15 is 0 Å². The third-order valence-corrected chi connectivity index (χ3v) is 2.69. The van der Waals surface area contributed by atoms with Crippen LogP contribution in [0.1, 0.15) is 32.6 Å². The van der Waals surface area contributed by atoms with E-state index in [-0.39, 0.29) is 18.4 Å². The number of hydrogen-bond donors (Lipinski definition) is 0. The zero-order valence-corrected chi connectivity index (χ0v) is 9.28. The SMILES string of the molecule is CCCN(CC#N)C(=O)[C@H]1CC=CCC1. The van der Waals surface area contributed by atoms with Gasteiger partial charge in [0.25, 0.3) is 0 Å². The van der Waals surface area contributed by atoms with Gasteiger partial charge < -0.3 is 4.90 Å². The van der Waals surface area contributed by atoms with Crippen molar-refractivity contribution in [2.75, 3.05) is 13.1 Å². The highest BCUT2D eigenvalue weighted by atomic mass is 16.2. The number of hydrogen-bond acceptors (Lipinski definition) is 2. The van der Waals surface area contributed by atoms with E-state index < -0.39 is 0 Å². The van der Waals surface area contributed by atoms with Crippen molar-refractivity contribution in [3.8, 4) is 6.07 Å². The van der Waals surface area contributed by atoms with E-state index in [9.17, 15) is 4.79 Å². The Labute approximate surface area is 91.4 Å². The number of amides is 1. The van der Waals surface area contributed by atoms with Gasteiger partial charge in [-0.25, -0.2) is 0 Å². The molecule has 1 aliphatic carbocycles. The van der Waals surface area contributed by atoms with Gasteiger partial charge in [0, 0.05) is 12.5 Å². The zero-order valence-electron chi connectivity index (χ0n) is 9.28. The second-order valence-electron chi connectivity index (χ2n) is 3.90. The zero-order chi connectivity index (χ0) is 11.1. The Morgan fingerprint density at radius 3 is 2.93 bits per heavy atom. The summed E-state index contributed by atoms with van der Waals surface area (Å²) >= 11 is 0. The molecule has 0 fully saturated rings. The van der Waals surface area contributed by atoms with Gasteiger partial charge in [-0.15, -0.1) is 0 Å². The van der Waals surface area contributed by atoms with E-state index in [2.05, 4.69) is 18.2 Å². The Kier molecular flexibility index (Phi) is 4.89. The first-order valence-electron chi connectivity index (χ1n) is 5.60. The van der Waals surface area contributed by atoms with Crippen molar-refractivity contribution < 1.29 is 4.79 Å². The van der Waals surface area contributed by atoms with Crippen LogP contribution in [0.2, 0.25) is 0 Å². The van der Waals surface area contributed by atoms with Gasteiger partial charge in [-0.3, -0.25) is 4.79 Å². The third-order valence-electron chi connectivity index (χ3n) is 2.69. The monoisotopic (exact) mass is 206 g/mol. The number of allylic oxidation sites excluding steroid dienone is 2. The predicted molar refractivity (Wildman–Crippen MR) is 59.0 cm³/mol. The Morgan fingerprint density at radius 1 is 1.60 bits per heavy atom. The maximum atomic E-state index is 12.0. The number of rotatable bonds is 4. The van der Waals surface area contributed by atoms with E-state index in [1.165, 1.54) is 0 Å². The van der Waals surface area contributed by atoms with Gasteiger partial charge >= 0.3 is 0 Å². The van der Waals surface area contributed by atoms with Crippen molar-refractivity contribution in [1.82, 2.24) is 4.90 Å². The van der Waals surface area contributed by atoms with Crippen molar-refractivity contribution in [3.05, 3.63) is 12.2 Å². The number of nitriles is 1. The molecular formula is C12H18N2O. The smallest absolute Gasteiger partial charge is 0.226 e. The molecule has 82 valence electrons. The highest BCUT2D eigenvalue weighted by Crippen LogP contribution is 2.20. The summed E-state index contributed by atoms with van der Waals surface area (Å²) in [6.45, 7) is 2.96. The summed E-state index contributed by atoms with van der Waals surface area (Å²) in [4.78, 5) is 13.7. The number of carbonyl (C=O) groups excluding carboxylic acids is 1. The van der Waals surface area contributed by atoms with E-state index in [0.717, 1.165) is 25.7 Å². The van der Waals surface area contributed by atoms with Crippen molar-refractivity contribution >= 4 is 5.91 Å². The molecule has 1 amide bonds. The van der Waals surface area contributed by atoms with Crippen LogP contribution >= 0.6 is 0 Å². The molecule has 1 rings (SSSR count). The molecule has 3 nitrogen and oxygen atoms in total. The normalized spacial score (nSPS) is 19.6. The standard InChI is InChI=1S/C12H18N2O/c1-2-9-14(10-8-13)12(15)11-6-4-3-5-7-11/h3-4,11H,2,5-7,9-10H2,1H3/t11-/m0/s1. The lowest BCUT2D eigenvalue weighted by Gasteiger charge is -2.25. The van der Waals surface area contributed by atoms with E-state index in [1.54, 1.807) is 4.90 Å². The second kappa shape index (κ2) is 6.23. The molecule has 3 heteroatoms. The summed E-state index contributed by atoms with van der Waals surface area (Å²) in [6, 6.07) is 2.06. The molecule has 1 aliphatic rings. The first-order chi connectivity index (χ1) is 7.29. The summed E-state index contributed by atoms with van der Waals surface area (Å²) in [5.74, 6) is 0.262. The van der Waals surface area contributed by atoms with Crippen molar-refractivity contribution in [2.24, 2.45) is 5.92 Å². The summed E-state index contributed by atoms with van der Waals surface area (Å²) in [7, 11) is 0. The Hall–Kier alpha value is -1.30. The van der Waals surface area contributed by atoms with Crippen LogP contribution in [-0.4, -0.2) is 23.9 Å². The quantitative estimate of drug-likeness (QED) is 0.522. The molecule has 0 saturated carbocycles. The predicted octanol–water partition coefficient (Wildman–Crippen LogP) is 2.10. The lowest BCUT2D eigenvalue weighted by molar-refractivity contribution is -0.135.